The maximum atomic E-state index is 12.6. The Hall–Kier alpha value is -5.34. The first-order valence-electron chi connectivity index (χ1n) is 16.8. The van der Waals surface area contributed by atoms with Crippen LogP contribution in [0.2, 0.25) is 0 Å². The van der Waals surface area contributed by atoms with E-state index in [1.165, 1.54) is 28.3 Å². The molecule has 53 heavy (non-hydrogen) atoms. The molecule has 0 saturated heterocycles. The van der Waals surface area contributed by atoms with Crippen LogP contribution < -0.4 is 24.6 Å². The molecule has 7 aromatic rings. The molecule has 0 aliphatic carbocycles. The molecule has 7 nitrogen and oxygen atoms in total. The Labute approximate surface area is 321 Å². The number of halogens is 3. The number of rotatable bonds is 3. The molecule has 0 amide bonds. The van der Waals surface area contributed by atoms with Gasteiger partial charge in [0.1, 0.15) is 11.6 Å². The van der Waals surface area contributed by atoms with Crippen LogP contribution in [-0.4, -0.2) is 24.1 Å². The molecule has 11 heteroatoms. The molecule has 3 aromatic heterocycles. The molecule has 4 aromatic carbocycles. The SMILES string of the molecule is Cc1cc(C)c(-c2cc(N3[CH-]N(C)c4cccnc43)[c-]c(N3[CH-]N(C)c4cccnc43)c2)c(C)c1.FC(F)(F)c1ccc2[n-]c3ccccc3c2c1.[Pt+4]. The Balaban J connectivity index is 0.000000203. The number of para-hydroxylation sites is 1. The van der Waals surface area contributed by atoms with Gasteiger partial charge in [0.05, 0.1) is 5.56 Å². The van der Waals surface area contributed by atoms with Gasteiger partial charge in [0.15, 0.2) is 0 Å². The second kappa shape index (κ2) is 13.9. The number of benzene rings is 4. The number of aromatic nitrogens is 3. The molecule has 0 radical (unpaired) electrons. The van der Waals surface area contributed by atoms with Gasteiger partial charge in [-0.15, -0.1) is 46.2 Å². The number of hydrogen-bond acceptors (Lipinski definition) is 6. The van der Waals surface area contributed by atoms with Gasteiger partial charge in [-0.3, -0.25) is 0 Å². The molecule has 0 bridgehead atoms. The third-order valence-corrected chi connectivity index (χ3v) is 9.41. The fourth-order valence-electron chi connectivity index (χ4n) is 7.16. The van der Waals surface area contributed by atoms with E-state index < -0.39 is 11.7 Å². The van der Waals surface area contributed by atoms with Crippen LogP contribution in [-0.2, 0) is 27.2 Å². The van der Waals surface area contributed by atoms with Crippen molar-refractivity contribution >= 4 is 56.2 Å². The smallest absolute Gasteiger partial charge is 0.657 e. The van der Waals surface area contributed by atoms with Crippen LogP contribution in [0.3, 0.4) is 0 Å². The van der Waals surface area contributed by atoms with Crippen molar-refractivity contribution in [1.82, 2.24) is 15.0 Å². The van der Waals surface area contributed by atoms with Crippen LogP contribution in [0.5, 0.6) is 0 Å². The van der Waals surface area contributed by atoms with Crippen molar-refractivity contribution in [2.75, 3.05) is 33.7 Å². The van der Waals surface area contributed by atoms with Gasteiger partial charge in [0.25, 0.3) is 0 Å². The van der Waals surface area contributed by atoms with E-state index in [-0.39, 0.29) is 21.1 Å². The monoisotopic (exact) mass is 888 g/mol. The summed E-state index contributed by atoms with van der Waals surface area (Å²) < 4.78 is 37.8. The summed E-state index contributed by atoms with van der Waals surface area (Å²) in [7, 11) is 4.09. The molecule has 268 valence electrons. The summed E-state index contributed by atoms with van der Waals surface area (Å²) in [6, 6.07) is 31.5. The Kier molecular flexibility index (Phi) is 9.45. The van der Waals surface area contributed by atoms with E-state index in [2.05, 4.69) is 111 Å². The average molecular weight is 889 g/mol. The first-order valence-corrected chi connectivity index (χ1v) is 16.8. The average Bonchev–Trinajstić information content (AvgIpc) is 3.78. The molecule has 0 spiro atoms. The Morgan fingerprint density at radius 1 is 0.660 bits per heavy atom. The van der Waals surface area contributed by atoms with Gasteiger partial charge in [0, 0.05) is 23.8 Å². The van der Waals surface area contributed by atoms with E-state index in [0.29, 0.717) is 10.9 Å². The number of anilines is 6. The number of alkyl halides is 3. The van der Waals surface area contributed by atoms with Gasteiger partial charge in [-0.2, -0.15) is 26.5 Å². The van der Waals surface area contributed by atoms with Gasteiger partial charge in [0.2, 0.25) is 0 Å². The van der Waals surface area contributed by atoms with E-state index in [1.807, 2.05) is 44.7 Å². The van der Waals surface area contributed by atoms with Crippen LogP contribution >= 0.6 is 0 Å². The summed E-state index contributed by atoms with van der Waals surface area (Å²) in [6.45, 7) is 10.7. The molecule has 2 aliphatic rings. The summed E-state index contributed by atoms with van der Waals surface area (Å²) in [5.41, 5.74) is 10.9. The maximum absolute atomic E-state index is 12.6. The standard InChI is InChI=1S/C29H27N6.C13H7F3N.Pt/c1-19-12-20(2)27(21(3)13-19)22-14-23(34-17-32(4)25-8-6-10-30-28(25)34)16-24(15-22)35-18-33(5)26-9-7-11-31-29(26)35;14-13(15,16)8-5-6-12-10(7-8)9-3-1-2-4-11(9)17-12;/h6-15,17-18H,1-5H3;1-7H;/q-3;-1;+4. The summed E-state index contributed by atoms with van der Waals surface area (Å²) in [4.78, 5) is 22.0. The minimum atomic E-state index is -4.31. The topological polar surface area (TPSA) is 52.8 Å². The van der Waals surface area contributed by atoms with E-state index >= 15 is 0 Å². The van der Waals surface area contributed by atoms with Gasteiger partial charge in [-0.25, -0.2) is 9.97 Å². The molecule has 0 unspecified atom stereocenters. The van der Waals surface area contributed by atoms with Gasteiger partial charge in [-0.1, -0.05) is 54.1 Å². The third-order valence-electron chi connectivity index (χ3n) is 9.41. The van der Waals surface area contributed by atoms with Crippen LogP contribution in [0.15, 0.2) is 103 Å². The van der Waals surface area contributed by atoms with E-state index in [4.69, 9.17) is 0 Å². The van der Waals surface area contributed by atoms with E-state index in [9.17, 15) is 13.2 Å². The fourth-order valence-corrected chi connectivity index (χ4v) is 7.16. The molecule has 0 N–H and O–H groups in total. The van der Waals surface area contributed by atoms with Crippen molar-refractivity contribution in [2.45, 2.75) is 26.9 Å². The first kappa shape index (κ1) is 36.0. The van der Waals surface area contributed by atoms with Crippen molar-refractivity contribution in [3.8, 4) is 11.1 Å². The van der Waals surface area contributed by atoms with Crippen LogP contribution in [0.4, 0.5) is 47.6 Å². The molecule has 5 heterocycles. The Bertz CT molecular complexity index is 2380. The number of aryl methyl sites for hydroxylation is 3. The van der Waals surface area contributed by atoms with Crippen LogP contribution in [0, 0.1) is 40.2 Å². The summed E-state index contributed by atoms with van der Waals surface area (Å²) in [5, 5.41) is 1.31. The molecule has 0 saturated carbocycles. The quantitative estimate of drug-likeness (QED) is 0.164. The normalized spacial score (nSPS) is 13.6. The van der Waals surface area contributed by atoms with Crippen molar-refractivity contribution in [3.05, 3.63) is 145 Å². The zero-order valence-corrected chi connectivity index (χ0v) is 31.8. The van der Waals surface area contributed by atoms with Crippen LogP contribution in [0.25, 0.3) is 32.9 Å². The third kappa shape index (κ3) is 6.61. The first-order chi connectivity index (χ1) is 25.0. The van der Waals surface area contributed by atoms with Gasteiger partial charge in [-0.05, 0) is 92.7 Å². The predicted octanol–water partition coefficient (Wildman–Crippen LogP) is 10.2. The van der Waals surface area contributed by atoms with Crippen LogP contribution in [0.1, 0.15) is 22.3 Å². The van der Waals surface area contributed by atoms with Crippen molar-refractivity contribution in [3.63, 3.8) is 0 Å². The number of pyridine rings is 2. The number of nitrogens with zero attached hydrogens (tertiary/aromatic N) is 7. The van der Waals surface area contributed by atoms with Gasteiger partial charge < -0.3 is 24.6 Å². The minimum Gasteiger partial charge on any atom is -0.657 e. The Morgan fingerprint density at radius 2 is 1.21 bits per heavy atom. The molecular weight excluding hydrogens is 855 g/mol. The van der Waals surface area contributed by atoms with E-state index in [0.717, 1.165) is 63.0 Å². The predicted molar refractivity (Wildman–Crippen MR) is 203 cm³/mol. The Morgan fingerprint density at radius 3 is 1.77 bits per heavy atom. The fraction of sp³-hybridized carbons (Fsp3) is 0.143. The molecular formula is C42H34F3N7Pt. The molecule has 2 aliphatic heterocycles. The van der Waals surface area contributed by atoms with Gasteiger partial charge >= 0.3 is 27.2 Å². The maximum Gasteiger partial charge on any atom is 4.00 e. The molecule has 9 rings (SSSR count). The minimum absolute atomic E-state index is 0. The summed E-state index contributed by atoms with van der Waals surface area (Å²) in [5.74, 6) is 1.79. The molecule has 0 atom stereocenters. The second-order valence-corrected chi connectivity index (χ2v) is 13.2. The van der Waals surface area contributed by atoms with Crippen molar-refractivity contribution < 1.29 is 34.2 Å². The largest absolute Gasteiger partial charge is 4.00 e. The number of fused-ring (bicyclic) bond motifs is 5. The van der Waals surface area contributed by atoms with Crippen molar-refractivity contribution in [1.29, 1.82) is 0 Å². The van der Waals surface area contributed by atoms with Crippen molar-refractivity contribution in [2.24, 2.45) is 0 Å². The summed E-state index contributed by atoms with van der Waals surface area (Å²) >= 11 is 0. The van der Waals surface area contributed by atoms with E-state index in [1.54, 1.807) is 18.2 Å². The second-order valence-electron chi connectivity index (χ2n) is 13.2. The summed E-state index contributed by atoms with van der Waals surface area (Å²) in [6.07, 6.45) is -0.644. The zero-order chi connectivity index (χ0) is 36.3. The zero-order valence-electron chi connectivity index (χ0n) is 29.6. The number of hydrogen-bond donors (Lipinski definition) is 0. The molecule has 0 fully saturated rings.